The molecule has 0 radical (unpaired) electrons. The highest BCUT2D eigenvalue weighted by Gasteiger charge is 1.82. The Morgan fingerprint density at radius 2 is 2.57 bits per heavy atom. The van der Waals surface area contributed by atoms with Crippen molar-refractivity contribution in [3.63, 3.8) is 0 Å². The largest absolute Gasteiger partial charge is 0.326 e. The molecule has 0 aromatic heterocycles. The summed E-state index contributed by atoms with van der Waals surface area (Å²) in [4.78, 5) is 0. The molecular formula is C5H8N2. The van der Waals surface area contributed by atoms with Crippen LogP contribution in [0.5, 0.6) is 0 Å². The topological polar surface area (TPSA) is 49.8 Å². The summed E-state index contributed by atoms with van der Waals surface area (Å²) in [5.41, 5.74) is 5.74. The highest BCUT2D eigenvalue weighted by atomic mass is 14.5. The van der Waals surface area contributed by atoms with E-state index in [1.165, 1.54) is 0 Å². The third-order valence-corrected chi connectivity index (χ3v) is 0.712. The lowest BCUT2D eigenvalue weighted by atomic mass is 10.3. The van der Waals surface area contributed by atoms with Gasteiger partial charge in [-0.1, -0.05) is 6.08 Å². The minimum absolute atomic E-state index is 0.354. The standard InChI is InChI=1S/C5H8N2/c1-2-5(3-6)4-7/h2H,3,6H2,1H3. The van der Waals surface area contributed by atoms with Crippen LogP contribution in [-0.4, -0.2) is 6.54 Å². The van der Waals surface area contributed by atoms with Crippen LogP contribution in [0.25, 0.3) is 0 Å². The van der Waals surface area contributed by atoms with Crippen molar-refractivity contribution in [2.24, 2.45) is 5.73 Å². The lowest BCUT2D eigenvalue weighted by molar-refractivity contribution is 1.18. The van der Waals surface area contributed by atoms with E-state index >= 15 is 0 Å². The van der Waals surface area contributed by atoms with Gasteiger partial charge in [0, 0.05) is 12.1 Å². The first-order valence-corrected chi connectivity index (χ1v) is 2.10. The lowest BCUT2D eigenvalue weighted by Gasteiger charge is -1.82. The zero-order valence-electron chi connectivity index (χ0n) is 4.31. The monoisotopic (exact) mass is 96.1 g/mol. The number of nitrogens with two attached hydrogens (primary N) is 1. The molecule has 2 N–H and O–H groups in total. The molecule has 2 nitrogen and oxygen atoms in total. The molecule has 0 fully saturated rings. The fourth-order valence-electron chi connectivity index (χ4n) is 0.228. The zero-order valence-corrected chi connectivity index (χ0v) is 4.31. The maximum atomic E-state index is 8.13. The van der Waals surface area contributed by atoms with E-state index in [4.69, 9.17) is 11.0 Å². The molecule has 0 saturated heterocycles. The zero-order chi connectivity index (χ0) is 5.70. The minimum atomic E-state index is 0.354. The second kappa shape index (κ2) is 3.38. The van der Waals surface area contributed by atoms with Crippen molar-refractivity contribution in [1.82, 2.24) is 0 Å². The van der Waals surface area contributed by atoms with E-state index in [2.05, 4.69) is 0 Å². The Morgan fingerprint density at radius 3 is 2.57 bits per heavy atom. The molecular weight excluding hydrogens is 88.1 g/mol. The van der Waals surface area contributed by atoms with Gasteiger partial charge in [-0.25, -0.2) is 0 Å². The molecule has 0 saturated carbocycles. The van der Waals surface area contributed by atoms with Crippen molar-refractivity contribution < 1.29 is 0 Å². The van der Waals surface area contributed by atoms with Crippen molar-refractivity contribution in [3.05, 3.63) is 11.6 Å². The number of hydrogen-bond donors (Lipinski definition) is 1. The third-order valence-electron chi connectivity index (χ3n) is 0.712. The average Bonchev–Trinajstić information content (AvgIpc) is 1.72. The highest BCUT2D eigenvalue weighted by Crippen LogP contribution is 1.83. The Bertz CT molecular complexity index is 108. The quantitative estimate of drug-likeness (QED) is 0.481. The molecule has 38 valence electrons. The normalized spacial score (nSPS) is 10.7. The van der Waals surface area contributed by atoms with Gasteiger partial charge in [-0.3, -0.25) is 0 Å². The molecule has 0 rings (SSSR count). The van der Waals surface area contributed by atoms with Crippen LogP contribution in [0.4, 0.5) is 0 Å². The Balaban J connectivity index is 3.68. The second-order valence-corrected chi connectivity index (χ2v) is 1.13. The van der Waals surface area contributed by atoms with E-state index < -0.39 is 0 Å². The molecule has 0 aliphatic heterocycles. The van der Waals surface area contributed by atoms with Crippen LogP contribution in [0, 0.1) is 11.3 Å². The van der Waals surface area contributed by atoms with Gasteiger partial charge >= 0.3 is 0 Å². The maximum Gasteiger partial charge on any atom is 0.0957 e. The van der Waals surface area contributed by atoms with Crippen molar-refractivity contribution in [3.8, 4) is 6.07 Å². The molecule has 0 atom stereocenters. The lowest BCUT2D eigenvalue weighted by Crippen LogP contribution is -1.99. The number of nitriles is 1. The van der Waals surface area contributed by atoms with Crippen molar-refractivity contribution in [2.75, 3.05) is 6.54 Å². The van der Waals surface area contributed by atoms with E-state index in [0.29, 0.717) is 12.1 Å². The van der Waals surface area contributed by atoms with Gasteiger partial charge in [0.1, 0.15) is 0 Å². The molecule has 0 heterocycles. The smallest absolute Gasteiger partial charge is 0.0957 e. The third kappa shape index (κ3) is 1.96. The molecule has 0 aliphatic carbocycles. The predicted molar refractivity (Wildman–Crippen MR) is 28.4 cm³/mol. The van der Waals surface area contributed by atoms with Gasteiger partial charge in [0.2, 0.25) is 0 Å². The minimum Gasteiger partial charge on any atom is -0.326 e. The molecule has 0 aromatic carbocycles. The number of hydrogen-bond acceptors (Lipinski definition) is 2. The summed E-state index contributed by atoms with van der Waals surface area (Å²) in [6, 6.07) is 1.94. The van der Waals surface area contributed by atoms with Crippen molar-refractivity contribution >= 4 is 0 Å². The van der Waals surface area contributed by atoms with Crippen LogP contribution in [-0.2, 0) is 0 Å². The molecule has 7 heavy (non-hydrogen) atoms. The summed E-state index contributed by atoms with van der Waals surface area (Å²) in [6.07, 6.45) is 1.71. The Labute approximate surface area is 43.2 Å². The fourth-order valence-corrected chi connectivity index (χ4v) is 0.228. The first-order chi connectivity index (χ1) is 3.35. The van der Waals surface area contributed by atoms with E-state index in [-0.39, 0.29) is 0 Å². The maximum absolute atomic E-state index is 8.13. The Morgan fingerprint density at radius 1 is 2.00 bits per heavy atom. The van der Waals surface area contributed by atoms with Crippen LogP contribution in [0.15, 0.2) is 11.6 Å². The van der Waals surface area contributed by atoms with E-state index in [1.807, 2.05) is 6.07 Å². The number of nitrogens with zero attached hydrogens (tertiary/aromatic N) is 1. The van der Waals surface area contributed by atoms with E-state index in [1.54, 1.807) is 13.0 Å². The van der Waals surface area contributed by atoms with E-state index in [9.17, 15) is 0 Å². The molecule has 2 heteroatoms. The summed E-state index contributed by atoms with van der Waals surface area (Å²) < 4.78 is 0. The summed E-state index contributed by atoms with van der Waals surface area (Å²) in [6.45, 7) is 2.15. The number of rotatable bonds is 1. The van der Waals surface area contributed by atoms with Crippen LogP contribution in [0.1, 0.15) is 6.92 Å². The molecule has 0 spiro atoms. The van der Waals surface area contributed by atoms with Crippen molar-refractivity contribution in [1.29, 1.82) is 5.26 Å². The highest BCUT2D eigenvalue weighted by molar-refractivity contribution is 5.20. The van der Waals surface area contributed by atoms with Crippen LogP contribution < -0.4 is 5.73 Å². The Kier molecular flexibility index (Phi) is 2.99. The fraction of sp³-hybridized carbons (Fsp3) is 0.400. The van der Waals surface area contributed by atoms with Gasteiger partial charge in [-0.15, -0.1) is 0 Å². The van der Waals surface area contributed by atoms with E-state index in [0.717, 1.165) is 0 Å². The number of allylic oxidation sites excluding steroid dienone is 1. The Hall–Kier alpha value is -0.810. The summed E-state index contributed by atoms with van der Waals surface area (Å²) in [5.74, 6) is 0. The average molecular weight is 96.1 g/mol. The van der Waals surface area contributed by atoms with Crippen LogP contribution in [0.2, 0.25) is 0 Å². The van der Waals surface area contributed by atoms with Crippen LogP contribution >= 0.6 is 0 Å². The molecule has 0 bridgehead atoms. The van der Waals surface area contributed by atoms with Gasteiger partial charge in [-0.2, -0.15) is 5.26 Å². The van der Waals surface area contributed by atoms with Gasteiger partial charge in [-0.05, 0) is 6.92 Å². The van der Waals surface area contributed by atoms with Crippen LogP contribution in [0.3, 0.4) is 0 Å². The summed E-state index contributed by atoms with van der Waals surface area (Å²) >= 11 is 0. The predicted octanol–water partition coefficient (Wildman–Crippen LogP) is 0.415. The molecule has 0 unspecified atom stereocenters. The van der Waals surface area contributed by atoms with Crippen molar-refractivity contribution in [2.45, 2.75) is 6.92 Å². The van der Waals surface area contributed by atoms with Gasteiger partial charge in [0.15, 0.2) is 0 Å². The van der Waals surface area contributed by atoms with Gasteiger partial charge < -0.3 is 5.73 Å². The summed E-state index contributed by atoms with van der Waals surface area (Å²) in [5, 5.41) is 8.13. The first-order valence-electron chi connectivity index (χ1n) is 2.10. The van der Waals surface area contributed by atoms with Gasteiger partial charge in [0.25, 0.3) is 0 Å². The molecule has 0 aliphatic rings. The van der Waals surface area contributed by atoms with Gasteiger partial charge in [0.05, 0.1) is 6.07 Å². The SMILES string of the molecule is CC=C(C#N)CN. The molecule has 0 amide bonds. The second-order valence-electron chi connectivity index (χ2n) is 1.13. The molecule has 0 aromatic rings. The first kappa shape index (κ1) is 6.19. The summed E-state index contributed by atoms with van der Waals surface area (Å²) in [7, 11) is 0.